The Labute approximate surface area is 265 Å². The molecule has 0 unspecified atom stereocenters. The van der Waals surface area contributed by atoms with Gasteiger partial charge in [0.25, 0.3) is 0 Å². The van der Waals surface area contributed by atoms with Gasteiger partial charge in [-0.2, -0.15) is 4.89 Å². The summed E-state index contributed by atoms with van der Waals surface area (Å²) in [5.74, 6) is -0.576. The van der Waals surface area contributed by atoms with Crippen molar-refractivity contribution in [2.75, 3.05) is 13.2 Å². The smallest absolute Gasteiger partial charge is 0.342 e. The lowest BCUT2D eigenvalue weighted by atomic mass is 10.1. The number of allylic oxidation sites excluding steroid dienone is 8. The monoisotopic (exact) mass is 602 g/mol. The second-order valence-electron chi connectivity index (χ2n) is 11.5. The number of unbranched alkanes of at least 4 members (excludes halogenated alkanes) is 16. The van der Waals surface area contributed by atoms with E-state index < -0.39 is 0 Å². The van der Waals surface area contributed by atoms with Gasteiger partial charge in [0.1, 0.15) is 13.2 Å². The summed E-state index contributed by atoms with van der Waals surface area (Å²) in [6.45, 7) is 4.65. The van der Waals surface area contributed by atoms with Gasteiger partial charge in [-0.1, -0.05) is 127 Å². The highest BCUT2D eigenvalue weighted by Gasteiger charge is 2.06. The van der Waals surface area contributed by atoms with Crippen molar-refractivity contribution < 1.29 is 24.1 Å². The van der Waals surface area contributed by atoms with Crippen LogP contribution in [-0.2, 0) is 24.1 Å². The summed E-state index contributed by atoms with van der Waals surface area (Å²) in [6.07, 6.45) is 44.3. The Morgan fingerprint density at radius 3 is 1.30 bits per heavy atom. The van der Waals surface area contributed by atoms with Crippen LogP contribution < -0.4 is 0 Å². The molecule has 5 nitrogen and oxygen atoms in total. The topological polar surface area (TPSA) is 61.8 Å². The van der Waals surface area contributed by atoms with Crippen molar-refractivity contribution >= 4 is 11.9 Å². The highest BCUT2D eigenvalue weighted by atomic mass is 17.2. The minimum atomic E-state index is -0.359. The summed E-state index contributed by atoms with van der Waals surface area (Å²) in [5.41, 5.74) is 0. The Kier molecular flexibility index (Phi) is 34.3. The molecule has 5 heteroatoms. The van der Waals surface area contributed by atoms with Crippen LogP contribution in [0, 0.1) is 0 Å². The van der Waals surface area contributed by atoms with Crippen LogP contribution in [0.25, 0.3) is 0 Å². The van der Waals surface area contributed by atoms with E-state index in [1.54, 1.807) is 0 Å². The van der Waals surface area contributed by atoms with Crippen molar-refractivity contribution in [3.05, 3.63) is 48.6 Å². The van der Waals surface area contributed by atoms with Crippen LogP contribution in [0.5, 0.6) is 0 Å². The fourth-order valence-corrected chi connectivity index (χ4v) is 4.57. The Morgan fingerprint density at radius 1 is 0.442 bits per heavy atom. The SMILES string of the molecule is CCCCC/C=C\C/C=C\CCCCCCCC(=O)OCCOOC(=O)CCCCCCC/C=C\C/C=C\CCCCC. The van der Waals surface area contributed by atoms with E-state index in [2.05, 4.69) is 62.5 Å². The number of hydrogen-bond donors (Lipinski definition) is 0. The Balaban J connectivity index is 3.38. The predicted molar refractivity (Wildman–Crippen MR) is 182 cm³/mol. The highest BCUT2D eigenvalue weighted by molar-refractivity contribution is 5.69. The molecule has 0 aromatic carbocycles. The number of hydrogen-bond acceptors (Lipinski definition) is 5. The van der Waals surface area contributed by atoms with Crippen molar-refractivity contribution in [3.63, 3.8) is 0 Å². The molecule has 0 fully saturated rings. The molecule has 0 radical (unpaired) electrons. The summed E-state index contributed by atoms with van der Waals surface area (Å²) >= 11 is 0. The molecule has 0 spiro atoms. The molecule has 0 rings (SSSR count). The van der Waals surface area contributed by atoms with Crippen molar-refractivity contribution in [2.24, 2.45) is 0 Å². The zero-order valence-corrected chi connectivity index (χ0v) is 28.0. The van der Waals surface area contributed by atoms with Crippen LogP contribution in [0.3, 0.4) is 0 Å². The molecule has 0 aromatic heterocycles. The van der Waals surface area contributed by atoms with Gasteiger partial charge in [-0.25, -0.2) is 4.79 Å². The van der Waals surface area contributed by atoms with E-state index in [4.69, 9.17) is 14.5 Å². The highest BCUT2D eigenvalue weighted by Crippen LogP contribution is 2.10. The van der Waals surface area contributed by atoms with E-state index in [1.807, 2.05) is 0 Å². The average molecular weight is 603 g/mol. The molecule has 0 aliphatic heterocycles. The summed E-state index contributed by atoms with van der Waals surface area (Å²) in [4.78, 5) is 33.3. The summed E-state index contributed by atoms with van der Waals surface area (Å²) in [6, 6.07) is 0. The van der Waals surface area contributed by atoms with Gasteiger partial charge in [0, 0.05) is 12.8 Å². The van der Waals surface area contributed by atoms with Crippen LogP contribution in [-0.4, -0.2) is 25.2 Å². The van der Waals surface area contributed by atoms with E-state index >= 15 is 0 Å². The van der Waals surface area contributed by atoms with Crippen molar-refractivity contribution in [3.8, 4) is 0 Å². The fourth-order valence-electron chi connectivity index (χ4n) is 4.57. The summed E-state index contributed by atoms with van der Waals surface area (Å²) in [5, 5.41) is 0. The van der Waals surface area contributed by atoms with Gasteiger partial charge >= 0.3 is 11.9 Å². The second kappa shape index (κ2) is 36.1. The van der Waals surface area contributed by atoms with Crippen LogP contribution >= 0.6 is 0 Å². The van der Waals surface area contributed by atoms with Gasteiger partial charge < -0.3 is 4.74 Å². The number of rotatable bonds is 32. The van der Waals surface area contributed by atoms with Crippen LogP contribution in [0.15, 0.2) is 48.6 Å². The summed E-state index contributed by atoms with van der Waals surface area (Å²) in [7, 11) is 0. The first kappa shape index (κ1) is 40.9. The van der Waals surface area contributed by atoms with Crippen molar-refractivity contribution in [1.82, 2.24) is 0 Å². The van der Waals surface area contributed by atoms with Gasteiger partial charge in [0.2, 0.25) is 0 Å². The Bertz CT molecular complexity index is 662. The Hall–Kier alpha value is -2.14. The molecule has 248 valence electrons. The third-order valence-electron chi connectivity index (χ3n) is 7.24. The molecule has 0 bridgehead atoms. The number of carbonyl (C=O) groups excluding carboxylic acids is 2. The molecule has 0 aromatic rings. The maximum absolute atomic E-state index is 11.8. The van der Waals surface area contributed by atoms with Crippen molar-refractivity contribution in [2.45, 2.75) is 168 Å². The minimum Gasteiger partial charge on any atom is -0.463 e. The quantitative estimate of drug-likeness (QED) is 0.0252. The van der Waals surface area contributed by atoms with Gasteiger partial charge in [-0.3, -0.25) is 9.68 Å². The van der Waals surface area contributed by atoms with E-state index in [9.17, 15) is 9.59 Å². The van der Waals surface area contributed by atoms with Gasteiger partial charge in [-0.15, -0.1) is 0 Å². The standard InChI is InChI=1S/C38H66O5/c1-3-5-7-9-11-13-15-17-19-21-23-25-27-29-31-33-37(39)41-35-36-42-43-38(40)34-32-30-28-26-24-22-20-18-16-14-12-10-8-6-4-2/h11-14,17-20H,3-10,15-16,21-36H2,1-2H3/b13-11-,14-12-,19-17-,20-18-. The normalized spacial score (nSPS) is 12.0. The predicted octanol–water partition coefficient (Wildman–Crippen LogP) is 11.6. The van der Waals surface area contributed by atoms with Gasteiger partial charge in [-0.05, 0) is 77.0 Å². The van der Waals surface area contributed by atoms with E-state index in [0.29, 0.717) is 12.8 Å². The molecule has 0 atom stereocenters. The molecule has 0 N–H and O–H groups in total. The second-order valence-corrected chi connectivity index (χ2v) is 11.5. The number of ether oxygens (including phenoxy) is 1. The molecule has 43 heavy (non-hydrogen) atoms. The first-order chi connectivity index (χ1) is 21.2. The molecular weight excluding hydrogens is 536 g/mol. The van der Waals surface area contributed by atoms with Gasteiger partial charge in [0.05, 0.1) is 0 Å². The summed E-state index contributed by atoms with van der Waals surface area (Å²) < 4.78 is 5.16. The lowest BCUT2D eigenvalue weighted by molar-refractivity contribution is -0.275. The first-order valence-electron chi connectivity index (χ1n) is 17.8. The average Bonchev–Trinajstić information content (AvgIpc) is 3.00. The zero-order valence-electron chi connectivity index (χ0n) is 28.0. The number of carbonyl (C=O) groups is 2. The van der Waals surface area contributed by atoms with E-state index in [0.717, 1.165) is 64.2 Å². The van der Waals surface area contributed by atoms with Gasteiger partial charge in [0.15, 0.2) is 0 Å². The fraction of sp³-hybridized carbons (Fsp3) is 0.737. The zero-order chi connectivity index (χ0) is 31.3. The largest absolute Gasteiger partial charge is 0.463 e. The minimum absolute atomic E-state index is 0.0712. The van der Waals surface area contributed by atoms with Crippen LogP contribution in [0.2, 0.25) is 0 Å². The van der Waals surface area contributed by atoms with E-state index in [1.165, 1.54) is 77.0 Å². The van der Waals surface area contributed by atoms with Crippen LogP contribution in [0.1, 0.15) is 168 Å². The van der Waals surface area contributed by atoms with Crippen molar-refractivity contribution in [1.29, 1.82) is 0 Å². The molecule has 0 saturated heterocycles. The van der Waals surface area contributed by atoms with Crippen LogP contribution in [0.4, 0.5) is 0 Å². The molecule has 0 aliphatic rings. The maximum Gasteiger partial charge on any atom is 0.342 e. The molecule has 0 heterocycles. The lowest BCUT2D eigenvalue weighted by Gasteiger charge is -2.06. The lowest BCUT2D eigenvalue weighted by Crippen LogP contribution is -2.13. The Morgan fingerprint density at radius 2 is 0.837 bits per heavy atom. The molecule has 0 aliphatic carbocycles. The molecule has 0 amide bonds. The first-order valence-corrected chi connectivity index (χ1v) is 17.8. The molecule has 0 saturated carbocycles. The number of esters is 1. The third kappa shape index (κ3) is 36.0. The van der Waals surface area contributed by atoms with E-state index in [-0.39, 0.29) is 25.2 Å². The maximum atomic E-state index is 11.8. The molecular formula is C38H66O5. The third-order valence-corrected chi connectivity index (χ3v) is 7.24.